The molecule has 1 aliphatic rings. The molecule has 3 rings (SSSR count). The molecule has 0 unspecified atom stereocenters. The van der Waals surface area contributed by atoms with E-state index in [9.17, 15) is 8.78 Å². The number of aromatic nitrogens is 1. The van der Waals surface area contributed by atoms with Gasteiger partial charge in [-0.2, -0.15) is 0 Å². The Morgan fingerprint density at radius 3 is 2.71 bits per heavy atom. The Hall–Kier alpha value is -2.17. The van der Waals surface area contributed by atoms with Crippen molar-refractivity contribution in [3.8, 4) is 0 Å². The zero-order chi connectivity index (χ0) is 14.8. The number of nitrogens with one attached hydrogen (secondary N) is 1. The lowest BCUT2D eigenvalue weighted by molar-refractivity contribution is 0.565. The summed E-state index contributed by atoms with van der Waals surface area (Å²) in [5, 5.41) is 2.82. The van der Waals surface area contributed by atoms with Crippen LogP contribution in [-0.2, 0) is 13.0 Å². The van der Waals surface area contributed by atoms with E-state index in [2.05, 4.69) is 16.4 Å². The minimum Gasteiger partial charge on any atom is -0.368 e. The van der Waals surface area contributed by atoms with E-state index in [1.54, 1.807) is 0 Å². The van der Waals surface area contributed by atoms with Crippen LogP contribution in [0.2, 0.25) is 0 Å². The third-order valence-corrected chi connectivity index (χ3v) is 3.69. The molecular formula is C16H17F2N3. The number of anilines is 2. The van der Waals surface area contributed by atoms with Crippen molar-refractivity contribution in [1.82, 2.24) is 4.98 Å². The molecule has 0 aliphatic carbocycles. The first kappa shape index (κ1) is 13.8. The Bertz CT molecular complexity index is 658. The van der Waals surface area contributed by atoms with Gasteiger partial charge >= 0.3 is 0 Å². The summed E-state index contributed by atoms with van der Waals surface area (Å²) in [5.74, 6) is -0.960. The molecule has 5 heteroatoms. The summed E-state index contributed by atoms with van der Waals surface area (Å²) in [6.07, 6.45) is 0.839. The maximum atomic E-state index is 14.1. The van der Waals surface area contributed by atoms with Crippen LogP contribution in [0.3, 0.4) is 0 Å². The van der Waals surface area contributed by atoms with Crippen LogP contribution in [0.1, 0.15) is 18.1 Å². The van der Waals surface area contributed by atoms with Gasteiger partial charge in [-0.3, -0.25) is 0 Å². The Morgan fingerprint density at radius 2 is 1.95 bits per heavy atom. The lowest BCUT2D eigenvalue weighted by Gasteiger charge is -2.30. The molecular weight excluding hydrogens is 272 g/mol. The number of rotatable bonds is 3. The Morgan fingerprint density at radius 1 is 1.19 bits per heavy atom. The summed E-state index contributed by atoms with van der Waals surface area (Å²) >= 11 is 0. The van der Waals surface area contributed by atoms with Crippen LogP contribution in [0, 0.1) is 11.6 Å². The van der Waals surface area contributed by atoms with Crippen molar-refractivity contribution in [3.05, 3.63) is 53.1 Å². The van der Waals surface area contributed by atoms with Gasteiger partial charge in [-0.1, -0.05) is 24.3 Å². The van der Waals surface area contributed by atoms with Crippen molar-refractivity contribution >= 4 is 11.6 Å². The summed E-state index contributed by atoms with van der Waals surface area (Å²) in [6.45, 7) is 3.66. The molecule has 0 bridgehead atoms. The summed E-state index contributed by atoms with van der Waals surface area (Å²) in [5.41, 5.74) is 2.45. The molecule has 0 amide bonds. The van der Waals surface area contributed by atoms with Gasteiger partial charge in [0, 0.05) is 25.7 Å². The number of hydrogen-bond acceptors (Lipinski definition) is 3. The van der Waals surface area contributed by atoms with Gasteiger partial charge in [0.05, 0.1) is 0 Å². The number of fused-ring (bicyclic) bond motifs is 1. The summed E-state index contributed by atoms with van der Waals surface area (Å²) in [7, 11) is 0. The molecule has 0 radical (unpaired) electrons. The average molecular weight is 289 g/mol. The van der Waals surface area contributed by atoms with Crippen LogP contribution in [0.25, 0.3) is 0 Å². The molecule has 1 aromatic carbocycles. The first-order valence-electron chi connectivity index (χ1n) is 7.10. The van der Waals surface area contributed by atoms with E-state index < -0.39 is 11.6 Å². The van der Waals surface area contributed by atoms with Gasteiger partial charge in [-0.15, -0.1) is 0 Å². The maximum absolute atomic E-state index is 14.1. The monoisotopic (exact) mass is 289 g/mol. The van der Waals surface area contributed by atoms with E-state index in [0.29, 0.717) is 19.6 Å². The predicted molar refractivity (Wildman–Crippen MR) is 79.5 cm³/mol. The fourth-order valence-corrected chi connectivity index (χ4v) is 2.65. The molecule has 0 saturated heterocycles. The van der Waals surface area contributed by atoms with Gasteiger partial charge < -0.3 is 10.2 Å². The Kier molecular flexibility index (Phi) is 3.73. The third-order valence-electron chi connectivity index (χ3n) is 3.69. The van der Waals surface area contributed by atoms with Crippen LogP contribution in [-0.4, -0.2) is 18.1 Å². The normalized spacial score (nSPS) is 14.0. The van der Waals surface area contributed by atoms with Crippen LogP contribution >= 0.6 is 0 Å². The van der Waals surface area contributed by atoms with E-state index >= 15 is 0 Å². The van der Waals surface area contributed by atoms with Gasteiger partial charge in [-0.05, 0) is 24.5 Å². The van der Waals surface area contributed by atoms with Gasteiger partial charge in [-0.25, -0.2) is 13.8 Å². The van der Waals surface area contributed by atoms with Gasteiger partial charge in [0.15, 0.2) is 23.3 Å². The predicted octanol–water partition coefficient (Wildman–Crippen LogP) is 3.35. The minimum absolute atomic E-state index is 0.104. The zero-order valence-corrected chi connectivity index (χ0v) is 11.9. The molecule has 110 valence electrons. The first-order valence-corrected chi connectivity index (χ1v) is 7.10. The molecule has 0 spiro atoms. The summed E-state index contributed by atoms with van der Waals surface area (Å²) < 4.78 is 27.7. The second-order valence-corrected chi connectivity index (χ2v) is 5.09. The van der Waals surface area contributed by atoms with E-state index in [1.807, 2.05) is 30.0 Å². The lowest BCUT2D eigenvalue weighted by atomic mass is 10.00. The van der Waals surface area contributed by atoms with Crippen LogP contribution < -0.4 is 10.2 Å². The highest BCUT2D eigenvalue weighted by Gasteiger charge is 2.21. The first-order chi connectivity index (χ1) is 10.2. The fourth-order valence-electron chi connectivity index (χ4n) is 2.65. The topological polar surface area (TPSA) is 28.2 Å². The van der Waals surface area contributed by atoms with E-state index in [4.69, 9.17) is 0 Å². The number of halogens is 2. The molecule has 0 saturated carbocycles. The van der Waals surface area contributed by atoms with Gasteiger partial charge in [0.25, 0.3) is 0 Å². The smallest absolute Gasteiger partial charge is 0.168 e. The molecule has 3 nitrogen and oxygen atoms in total. The fraction of sp³-hybridized carbons (Fsp3) is 0.312. The highest BCUT2D eigenvalue weighted by atomic mass is 19.1. The Balaban J connectivity index is 1.93. The highest BCUT2D eigenvalue weighted by Crippen LogP contribution is 2.27. The number of hydrogen-bond donors (Lipinski definition) is 1. The average Bonchev–Trinajstić information content (AvgIpc) is 2.49. The second kappa shape index (κ2) is 5.68. The molecule has 1 aliphatic heterocycles. The molecule has 1 aromatic heterocycles. The number of benzene rings is 1. The van der Waals surface area contributed by atoms with Crippen molar-refractivity contribution in [3.63, 3.8) is 0 Å². The standard InChI is InChI=1S/C16H17F2N3/c1-2-19-15-13(17)9-14(18)16(20-15)21-8-7-11-5-3-4-6-12(11)10-21/h3-6,9H,2,7-8,10H2,1H3,(H,19,20). The minimum atomic E-state index is -0.657. The molecule has 2 heterocycles. The van der Waals surface area contributed by atoms with E-state index in [-0.39, 0.29) is 11.6 Å². The summed E-state index contributed by atoms with van der Waals surface area (Å²) in [4.78, 5) is 5.98. The molecule has 21 heavy (non-hydrogen) atoms. The quantitative estimate of drug-likeness (QED) is 0.939. The van der Waals surface area contributed by atoms with Crippen molar-refractivity contribution in [2.75, 3.05) is 23.3 Å². The van der Waals surface area contributed by atoms with Crippen LogP contribution in [0.4, 0.5) is 20.4 Å². The van der Waals surface area contributed by atoms with Crippen molar-refractivity contribution in [2.45, 2.75) is 19.9 Å². The van der Waals surface area contributed by atoms with Crippen LogP contribution in [0.5, 0.6) is 0 Å². The van der Waals surface area contributed by atoms with Crippen molar-refractivity contribution in [2.24, 2.45) is 0 Å². The van der Waals surface area contributed by atoms with Gasteiger partial charge in [0.2, 0.25) is 0 Å². The van der Waals surface area contributed by atoms with Crippen molar-refractivity contribution < 1.29 is 8.78 Å². The van der Waals surface area contributed by atoms with E-state index in [0.717, 1.165) is 12.5 Å². The maximum Gasteiger partial charge on any atom is 0.168 e. The SMILES string of the molecule is CCNc1nc(N2CCc3ccccc3C2)c(F)cc1F. The largest absolute Gasteiger partial charge is 0.368 e. The highest BCUT2D eigenvalue weighted by molar-refractivity contribution is 5.51. The lowest BCUT2D eigenvalue weighted by Crippen LogP contribution is -2.32. The second-order valence-electron chi connectivity index (χ2n) is 5.09. The molecule has 2 aromatic rings. The molecule has 1 N–H and O–H groups in total. The van der Waals surface area contributed by atoms with Crippen molar-refractivity contribution in [1.29, 1.82) is 0 Å². The van der Waals surface area contributed by atoms with E-state index in [1.165, 1.54) is 11.1 Å². The zero-order valence-electron chi connectivity index (χ0n) is 11.9. The molecule has 0 fully saturated rings. The van der Waals surface area contributed by atoms with Crippen LogP contribution in [0.15, 0.2) is 30.3 Å². The number of pyridine rings is 1. The number of nitrogens with zero attached hydrogens (tertiary/aromatic N) is 2. The van der Waals surface area contributed by atoms with Gasteiger partial charge in [0.1, 0.15) is 0 Å². The Labute approximate surface area is 122 Å². The molecule has 0 atom stereocenters. The third kappa shape index (κ3) is 2.68. The summed E-state index contributed by atoms with van der Waals surface area (Å²) in [6, 6.07) is 9.01.